The number of fused-ring (bicyclic) bond motifs is 1. The molecule has 0 radical (unpaired) electrons. The first-order chi connectivity index (χ1) is 17.1. The zero-order valence-corrected chi connectivity index (χ0v) is 20.9. The number of ether oxygens (including phenoxy) is 2. The maximum absolute atomic E-state index is 12.2. The number of hydrogen-bond acceptors (Lipinski definition) is 5. The number of carbonyl (C=O) groups is 2. The molecule has 4 aromatic rings. The summed E-state index contributed by atoms with van der Waals surface area (Å²) >= 11 is 0. The molecule has 36 heavy (non-hydrogen) atoms. The van der Waals surface area contributed by atoms with Crippen molar-refractivity contribution in [3.63, 3.8) is 0 Å². The molecule has 0 unspecified atom stereocenters. The fraction of sp³-hybridized carbons (Fsp3) is 0.276. The van der Waals surface area contributed by atoms with E-state index >= 15 is 0 Å². The van der Waals surface area contributed by atoms with Crippen molar-refractivity contribution in [3.05, 3.63) is 83.7 Å². The van der Waals surface area contributed by atoms with Crippen LogP contribution in [0.5, 0.6) is 5.75 Å². The number of nitrogens with zero attached hydrogens (tertiary/aromatic N) is 2. The van der Waals surface area contributed by atoms with Crippen molar-refractivity contribution < 1.29 is 24.2 Å². The number of aromatic carboxylic acids is 1. The molecule has 0 aliphatic rings. The van der Waals surface area contributed by atoms with E-state index in [0.717, 1.165) is 46.4 Å². The van der Waals surface area contributed by atoms with Crippen LogP contribution in [0.3, 0.4) is 0 Å². The predicted octanol–water partition coefficient (Wildman–Crippen LogP) is 6.72. The van der Waals surface area contributed by atoms with Gasteiger partial charge in [0.05, 0.1) is 16.6 Å². The first-order valence-electron chi connectivity index (χ1n) is 12.0. The number of imidazole rings is 1. The summed E-state index contributed by atoms with van der Waals surface area (Å²) in [5.74, 6) is 0.389. The summed E-state index contributed by atoms with van der Waals surface area (Å²) in [7, 11) is 0. The first-order valence-corrected chi connectivity index (χ1v) is 12.0. The van der Waals surface area contributed by atoms with Gasteiger partial charge in [-0.1, -0.05) is 49.4 Å². The van der Waals surface area contributed by atoms with Crippen LogP contribution in [-0.4, -0.2) is 32.4 Å². The lowest BCUT2D eigenvalue weighted by Crippen LogP contribution is -2.26. The highest BCUT2D eigenvalue weighted by Crippen LogP contribution is 2.31. The summed E-state index contributed by atoms with van der Waals surface area (Å²) in [5.41, 5.74) is 3.90. The Morgan fingerprint density at radius 3 is 2.39 bits per heavy atom. The maximum Gasteiger partial charge on any atom is 0.514 e. The van der Waals surface area contributed by atoms with Crippen LogP contribution in [0.1, 0.15) is 55.9 Å². The van der Waals surface area contributed by atoms with Gasteiger partial charge < -0.3 is 19.1 Å². The highest BCUT2D eigenvalue weighted by Gasteiger charge is 2.19. The van der Waals surface area contributed by atoms with Crippen LogP contribution in [-0.2, 0) is 17.7 Å². The molecule has 1 N–H and O–H groups in total. The van der Waals surface area contributed by atoms with Crippen molar-refractivity contribution in [1.82, 2.24) is 9.55 Å². The van der Waals surface area contributed by atoms with E-state index in [4.69, 9.17) is 14.5 Å². The Balaban J connectivity index is 1.62. The predicted molar refractivity (Wildman–Crippen MR) is 139 cm³/mol. The largest absolute Gasteiger partial charge is 0.514 e. The van der Waals surface area contributed by atoms with Crippen LogP contribution in [0.2, 0.25) is 0 Å². The second-order valence-electron chi connectivity index (χ2n) is 9.63. The minimum Gasteiger partial charge on any atom is -0.478 e. The number of hydrogen-bond donors (Lipinski definition) is 1. The molecule has 0 aliphatic heterocycles. The van der Waals surface area contributed by atoms with Crippen molar-refractivity contribution in [2.45, 2.75) is 52.7 Å². The van der Waals surface area contributed by atoms with E-state index in [-0.39, 0.29) is 5.56 Å². The standard InChI is InChI=1S/C29H30N2O5/c1-5-8-26-30-23-16-15-21(27(32)33)17-24(23)31(26)18-19-11-13-20(14-12-19)22-9-6-7-10-25(22)35-28(34)36-29(2,3)4/h6-7,9-17H,5,8,18H2,1-4H3,(H,32,33). The van der Waals surface area contributed by atoms with Gasteiger partial charge in [-0.25, -0.2) is 14.6 Å². The van der Waals surface area contributed by atoms with Crippen molar-refractivity contribution >= 4 is 23.2 Å². The van der Waals surface area contributed by atoms with Crippen LogP contribution in [0.4, 0.5) is 4.79 Å². The highest BCUT2D eigenvalue weighted by molar-refractivity contribution is 5.92. The molecule has 0 bridgehead atoms. The third-order valence-corrected chi connectivity index (χ3v) is 5.62. The number of rotatable bonds is 7. The minimum atomic E-state index is -0.960. The Kier molecular flexibility index (Phi) is 7.10. The summed E-state index contributed by atoms with van der Waals surface area (Å²) in [6.45, 7) is 8.02. The molecular formula is C29H30N2O5. The Bertz CT molecular complexity index is 1400. The Hall–Kier alpha value is -4.13. The molecular weight excluding hydrogens is 456 g/mol. The van der Waals surface area contributed by atoms with Crippen LogP contribution in [0, 0.1) is 0 Å². The number of carboxylic acid groups (broad SMARTS) is 1. The van der Waals surface area contributed by atoms with Gasteiger partial charge in [0.1, 0.15) is 17.2 Å². The fourth-order valence-electron chi connectivity index (χ4n) is 4.02. The molecule has 0 spiro atoms. The summed E-state index contributed by atoms with van der Waals surface area (Å²) < 4.78 is 12.9. The van der Waals surface area contributed by atoms with Gasteiger partial charge in [-0.05, 0) is 62.6 Å². The molecule has 0 aliphatic carbocycles. The van der Waals surface area contributed by atoms with Gasteiger partial charge in [0.15, 0.2) is 0 Å². The average Bonchev–Trinajstić information content (AvgIpc) is 3.15. The second-order valence-corrected chi connectivity index (χ2v) is 9.63. The van der Waals surface area contributed by atoms with E-state index in [1.54, 1.807) is 45.0 Å². The van der Waals surface area contributed by atoms with Crippen LogP contribution < -0.4 is 4.74 Å². The topological polar surface area (TPSA) is 90.6 Å². The normalized spacial score (nSPS) is 11.4. The lowest BCUT2D eigenvalue weighted by molar-refractivity contribution is 0.0207. The lowest BCUT2D eigenvalue weighted by atomic mass is 10.0. The van der Waals surface area contributed by atoms with Crippen LogP contribution in [0.15, 0.2) is 66.7 Å². The second kappa shape index (κ2) is 10.2. The smallest absolute Gasteiger partial charge is 0.478 e. The summed E-state index contributed by atoms with van der Waals surface area (Å²) in [6.07, 6.45) is 0.982. The van der Waals surface area contributed by atoms with Gasteiger partial charge in [-0.15, -0.1) is 0 Å². The van der Waals surface area contributed by atoms with E-state index in [0.29, 0.717) is 12.3 Å². The number of carboxylic acids is 1. The molecule has 0 fully saturated rings. The third-order valence-electron chi connectivity index (χ3n) is 5.62. The minimum absolute atomic E-state index is 0.239. The Morgan fingerprint density at radius 1 is 1.00 bits per heavy atom. The molecule has 0 saturated heterocycles. The lowest BCUT2D eigenvalue weighted by Gasteiger charge is -2.19. The molecule has 186 valence electrons. The summed E-state index contributed by atoms with van der Waals surface area (Å²) in [5, 5.41) is 9.44. The molecule has 0 amide bonds. The van der Waals surface area contributed by atoms with E-state index in [1.165, 1.54) is 0 Å². The van der Waals surface area contributed by atoms with Crippen molar-refractivity contribution in [1.29, 1.82) is 0 Å². The van der Waals surface area contributed by atoms with E-state index < -0.39 is 17.7 Å². The highest BCUT2D eigenvalue weighted by atomic mass is 16.7. The third kappa shape index (κ3) is 5.74. The van der Waals surface area contributed by atoms with E-state index in [1.807, 2.05) is 42.5 Å². The van der Waals surface area contributed by atoms with Gasteiger partial charge in [0, 0.05) is 18.5 Å². The average molecular weight is 487 g/mol. The van der Waals surface area contributed by atoms with Crippen molar-refractivity contribution in [2.24, 2.45) is 0 Å². The van der Waals surface area contributed by atoms with Gasteiger partial charge >= 0.3 is 12.1 Å². The molecule has 1 heterocycles. The fourth-order valence-corrected chi connectivity index (χ4v) is 4.02. The first kappa shape index (κ1) is 25.0. The molecule has 7 heteroatoms. The maximum atomic E-state index is 12.2. The Labute approximate surface area is 210 Å². The van der Waals surface area contributed by atoms with Gasteiger partial charge in [-0.3, -0.25) is 0 Å². The van der Waals surface area contributed by atoms with E-state index in [2.05, 4.69) is 11.5 Å². The number of benzene rings is 3. The van der Waals surface area contributed by atoms with E-state index in [9.17, 15) is 14.7 Å². The Morgan fingerprint density at radius 2 is 1.72 bits per heavy atom. The molecule has 0 atom stereocenters. The zero-order valence-electron chi connectivity index (χ0n) is 20.9. The molecule has 4 rings (SSSR count). The number of para-hydroxylation sites is 1. The number of aromatic nitrogens is 2. The summed E-state index contributed by atoms with van der Waals surface area (Å²) in [6, 6.07) is 20.4. The molecule has 7 nitrogen and oxygen atoms in total. The van der Waals surface area contributed by atoms with Crippen LogP contribution in [0.25, 0.3) is 22.2 Å². The number of aryl methyl sites for hydroxylation is 1. The van der Waals surface area contributed by atoms with Gasteiger partial charge in [0.25, 0.3) is 0 Å². The molecule has 0 saturated carbocycles. The van der Waals surface area contributed by atoms with Gasteiger partial charge in [0.2, 0.25) is 0 Å². The van der Waals surface area contributed by atoms with Crippen molar-refractivity contribution in [3.8, 4) is 16.9 Å². The van der Waals surface area contributed by atoms with Gasteiger partial charge in [-0.2, -0.15) is 0 Å². The van der Waals surface area contributed by atoms with Crippen molar-refractivity contribution in [2.75, 3.05) is 0 Å². The molecule has 3 aromatic carbocycles. The zero-order chi connectivity index (χ0) is 25.9. The monoisotopic (exact) mass is 486 g/mol. The molecule has 1 aromatic heterocycles. The SMILES string of the molecule is CCCc1nc2ccc(C(=O)O)cc2n1Cc1ccc(-c2ccccc2OC(=O)OC(C)(C)C)cc1. The quantitative estimate of drug-likeness (QED) is 0.230. The summed E-state index contributed by atoms with van der Waals surface area (Å²) in [4.78, 5) is 28.5. The van der Waals surface area contributed by atoms with Crippen LogP contribution >= 0.6 is 0 Å². The number of carbonyl (C=O) groups excluding carboxylic acids is 1.